The molecule has 1 heterocycles. The van der Waals surface area contributed by atoms with Crippen LogP contribution in [0.15, 0.2) is 36.9 Å². The van der Waals surface area contributed by atoms with Gasteiger partial charge in [-0.3, -0.25) is 0 Å². The first-order chi connectivity index (χ1) is 9.31. The van der Waals surface area contributed by atoms with Crippen molar-refractivity contribution in [3.63, 3.8) is 0 Å². The maximum Gasteiger partial charge on any atom is 0.138 e. The van der Waals surface area contributed by atoms with E-state index in [2.05, 4.69) is 17.0 Å². The Labute approximate surface area is 113 Å². The van der Waals surface area contributed by atoms with E-state index in [-0.39, 0.29) is 0 Å². The number of aromatic nitrogens is 3. The Bertz CT molecular complexity index is 499. The van der Waals surface area contributed by atoms with Crippen molar-refractivity contribution in [2.75, 3.05) is 0 Å². The molecule has 1 fully saturated rings. The molecular formula is C15H19N3O. The topological polar surface area (TPSA) is 39.9 Å². The summed E-state index contributed by atoms with van der Waals surface area (Å²) in [5.74, 6) is 1.80. The van der Waals surface area contributed by atoms with Crippen LogP contribution in [0.4, 0.5) is 0 Å². The predicted octanol–water partition coefficient (Wildman–Crippen LogP) is 3.22. The highest BCUT2D eigenvalue weighted by molar-refractivity contribution is 5.36. The average Bonchev–Trinajstić information content (AvgIpc) is 2.96. The van der Waals surface area contributed by atoms with Gasteiger partial charge in [-0.05, 0) is 55.9 Å². The molecule has 19 heavy (non-hydrogen) atoms. The van der Waals surface area contributed by atoms with E-state index in [4.69, 9.17) is 4.74 Å². The zero-order valence-electron chi connectivity index (χ0n) is 11.2. The van der Waals surface area contributed by atoms with Crippen LogP contribution in [0.5, 0.6) is 5.75 Å². The molecule has 2 aromatic rings. The standard InChI is InChI=1S/C15H19N3O/c1-12-2-6-14(7-3-12)19-15-8-4-13(5-9-15)18-11-16-10-17-18/h4-5,8-12,14H,2-3,6-7H2,1H3. The van der Waals surface area contributed by atoms with E-state index in [1.165, 1.54) is 32.0 Å². The summed E-state index contributed by atoms with van der Waals surface area (Å²) in [5, 5.41) is 4.10. The largest absolute Gasteiger partial charge is 0.490 e. The number of rotatable bonds is 3. The van der Waals surface area contributed by atoms with Crippen LogP contribution >= 0.6 is 0 Å². The second-order valence-corrected chi connectivity index (χ2v) is 5.33. The summed E-state index contributed by atoms with van der Waals surface area (Å²) in [6.45, 7) is 2.32. The number of ether oxygens (including phenoxy) is 1. The third-order valence-corrected chi connectivity index (χ3v) is 3.79. The minimum absolute atomic E-state index is 0.383. The van der Waals surface area contributed by atoms with E-state index in [1.54, 1.807) is 11.0 Å². The minimum Gasteiger partial charge on any atom is -0.490 e. The molecule has 0 bridgehead atoms. The van der Waals surface area contributed by atoms with Gasteiger partial charge in [0.25, 0.3) is 0 Å². The van der Waals surface area contributed by atoms with E-state index in [0.29, 0.717) is 6.10 Å². The smallest absolute Gasteiger partial charge is 0.138 e. The Morgan fingerprint density at radius 1 is 1.11 bits per heavy atom. The van der Waals surface area contributed by atoms with Crippen molar-refractivity contribution >= 4 is 0 Å². The lowest BCUT2D eigenvalue weighted by Gasteiger charge is -2.26. The van der Waals surface area contributed by atoms with Crippen LogP contribution in [-0.2, 0) is 0 Å². The van der Waals surface area contributed by atoms with Crippen LogP contribution in [0.1, 0.15) is 32.6 Å². The van der Waals surface area contributed by atoms with E-state index < -0.39 is 0 Å². The van der Waals surface area contributed by atoms with Gasteiger partial charge < -0.3 is 4.74 Å². The fraction of sp³-hybridized carbons (Fsp3) is 0.467. The van der Waals surface area contributed by atoms with Crippen LogP contribution in [0.3, 0.4) is 0 Å². The van der Waals surface area contributed by atoms with Crippen LogP contribution in [0.25, 0.3) is 5.69 Å². The van der Waals surface area contributed by atoms with E-state index >= 15 is 0 Å². The van der Waals surface area contributed by atoms with Crippen molar-refractivity contribution in [2.24, 2.45) is 5.92 Å². The third-order valence-electron chi connectivity index (χ3n) is 3.79. The average molecular weight is 257 g/mol. The van der Waals surface area contributed by atoms with Crippen molar-refractivity contribution in [3.05, 3.63) is 36.9 Å². The van der Waals surface area contributed by atoms with Crippen LogP contribution in [0, 0.1) is 5.92 Å². The summed E-state index contributed by atoms with van der Waals surface area (Å²) in [4.78, 5) is 3.94. The summed E-state index contributed by atoms with van der Waals surface area (Å²) >= 11 is 0. The summed E-state index contributed by atoms with van der Waals surface area (Å²) in [7, 11) is 0. The van der Waals surface area contributed by atoms with Gasteiger partial charge in [0.15, 0.2) is 0 Å². The molecule has 4 nitrogen and oxygen atoms in total. The van der Waals surface area contributed by atoms with E-state index in [1.807, 2.05) is 24.3 Å². The molecule has 0 saturated heterocycles. The van der Waals surface area contributed by atoms with Crippen LogP contribution < -0.4 is 4.74 Å². The molecule has 0 atom stereocenters. The lowest BCUT2D eigenvalue weighted by atomic mass is 9.89. The first-order valence-electron chi connectivity index (χ1n) is 6.93. The maximum atomic E-state index is 6.03. The van der Waals surface area contributed by atoms with Crippen molar-refractivity contribution in [1.29, 1.82) is 0 Å². The quantitative estimate of drug-likeness (QED) is 0.847. The van der Waals surface area contributed by atoms with Crippen molar-refractivity contribution in [3.8, 4) is 11.4 Å². The zero-order chi connectivity index (χ0) is 13.1. The van der Waals surface area contributed by atoms with Crippen LogP contribution in [-0.4, -0.2) is 20.9 Å². The second-order valence-electron chi connectivity index (χ2n) is 5.33. The summed E-state index contributed by atoms with van der Waals surface area (Å²) in [6, 6.07) is 8.04. The lowest BCUT2D eigenvalue weighted by Crippen LogP contribution is -2.22. The molecular weight excluding hydrogens is 238 g/mol. The lowest BCUT2D eigenvalue weighted by molar-refractivity contribution is 0.135. The first kappa shape index (κ1) is 12.2. The molecule has 0 aliphatic heterocycles. The number of hydrogen-bond donors (Lipinski definition) is 0. The molecule has 100 valence electrons. The highest BCUT2D eigenvalue weighted by atomic mass is 16.5. The number of hydrogen-bond acceptors (Lipinski definition) is 3. The summed E-state index contributed by atoms with van der Waals surface area (Å²) < 4.78 is 7.77. The van der Waals surface area contributed by atoms with Gasteiger partial charge in [-0.1, -0.05) is 6.92 Å². The Hall–Kier alpha value is -1.84. The molecule has 0 unspecified atom stereocenters. The van der Waals surface area contributed by atoms with Crippen molar-refractivity contribution in [2.45, 2.75) is 38.7 Å². The molecule has 1 aromatic carbocycles. The van der Waals surface area contributed by atoms with Gasteiger partial charge in [0.05, 0.1) is 11.8 Å². The first-order valence-corrected chi connectivity index (χ1v) is 6.93. The van der Waals surface area contributed by atoms with E-state index in [0.717, 1.165) is 17.4 Å². The molecule has 4 heteroatoms. The summed E-state index contributed by atoms with van der Waals surface area (Å²) in [6.07, 6.45) is 8.52. The molecule has 0 amide bonds. The van der Waals surface area contributed by atoms with Gasteiger partial charge in [-0.25, -0.2) is 9.67 Å². The second kappa shape index (κ2) is 5.43. The highest BCUT2D eigenvalue weighted by Crippen LogP contribution is 2.27. The Morgan fingerprint density at radius 2 is 1.84 bits per heavy atom. The molecule has 1 aliphatic carbocycles. The fourth-order valence-corrected chi connectivity index (χ4v) is 2.56. The molecule has 1 aromatic heterocycles. The van der Waals surface area contributed by atoms with E-state index in [9.17, 15) is 0 Å². The normalized spacial score (nSPS) is 23.2. The molecule has 1 aliphatic rings. The van der Waals surface area contributed by atoms with Gasteiger partial charge in [-0.2, -0.15) is 5.10 Å². The zero-order valence-corrected chi connectivity index (χ0v) is 11.2. The monoisotopic (exact) mass is 257 g/mol. The van der Waals surface area contributed by atoms with Gasteiger partial charge in [0.1, 0.15) is 18.4 Å². The Kier molecular flexibility index (Phi) is 3.49. The maximum absolute atomic E-state index is 6.03. The minimum atomic E-state index is 0.383. The van der Waals surface area contributed by atoms with Gasteiger partial charge in [0, 0.05) is 0 Å². The molecule has 3 rings (SSSR count). The Balaban J connectivity index is 1.63. The van der Waals surface area contributed by atoms with Crippen molar-refractivity contribution in [1.82, 2.24) is 14.8 Å². The molecule has 0 N–H and O–H groups in total. The fourth-order valence-electron chi connectivity index (χ4n) is 2.56. The molecule has 1 saturated carbocycles. The SMILES string of the molecule is CC1CCC(Oc2ccc(-n3cncn3)cc2)CC1. The van der Waals surface area contributed by atoms with Gasteiger partial charge in [0.2, 0.25) is 0 Å². The summed E-state index contributed by atoms with van der Waals surface area (Å²) in [5.41, 5.74) is 1.00. The van der Waals surface area contributed by atoms with Gasteiger partial charge >= 0.3 is 0 Å². The molecule has 0 radical (unpaired) electrons. The molecule has 0 spiro atoms. The van der Waals surface area contributed by atoms with Gasteiger partial charge in [-0.15, -0.1) is 0 Å². The Morgan fingerprint density at radius 3 is 2.47 bits per heavy atom. The highest BCUT2D eigenvalue weighted by Gasteiger charge is 2.19. The predicted molar refractivity (Wildman–Crippen MR) is 73.4 cm³/mol. The third kappa shape index (κ3) is 2.95. The van der Waals surface area contributed by atoms with Crippen LogP contribution in [0.2, 0.25) is 0 Å². The number of benzene rings is 1. The number of nitrogens with zero attached hydrogens (tertiary/aromatic N) is 3. The van der Waals surface area contributed by atoms with Crippen molar-refractivity contribution < 1.29 is 4.74 Å².